The van der Waals surface area contributed by atoms with E-state index < -0.39 is 17.7 Å². The third kappa shape index (κ3) is 3.59. The Morgan fingerprint density at radius 1 is 1.23 bits per heavy atom. The molecule has 3 heterocycles. The number of carbonyl (C=O) groups excluding carboxylic acids is 2. The smallest absolute Gasteiger partial charge is 0.295 e. The Labute approximate surface area is 173 Å². The summed E-state index contributed by atoms with van der Waals surface area (Å²) in [5, 5.41) is 11.0. The number of ketones is 1. The summed E-state index contributed by atoms with van der Waals surface area (Å²) in [7, 11) is 1.52. The van der Waals surface area contributed by atoms with Gasteiger partial charge in [0, 0.05) is 31.0 Å². The maximum absolute atomic E-state index is 12.9. The molecule has 1 fully saturated rings. The first-order valence-corrected chi connectivity index (χ1v) is 9.52. The number of nitrogens with zero attached hydrogens (tertiary/aromatic N) is 3. The zero-order valence-corrected chi connectivity index (χ0v) is 16.4. The van der Waals surface area contributed by atoms with Crippen LogP contribution in [0.2, 0.25) is 0 Å². The number of aromatic nitrogens is 2. The van der Waals surface area contributed by atoms with Crippen molar-refractivity contribution in [3.63, 3.8) is 0 Å². The molecule has 0 saturated carbocycles. The van der Waals surface area contributed by atoms with Crippen LogP contribution >= 0.6 is 0 Å². The molecule has 0 unspecified atom stereocenters. The van der Waals surface area contributed by atoms with Crippen LogP contribution in [-0.2, 0) is 16.1 Å². The van der Waals surface area contributed by atoms with Crippen LogP contribution in [0, 0.1) is 0 Å². The zero-order chi connectivity index (χ0) is 21.1. The number of Topliss-reactive ketones (excluding diaryl/α,β-unsaturated/α-hetero) is 1. The molecule has 4 rings (SSSR count). The highest BCUT2D eigenvalue weighted by molar-refractivity contribution is 6.46. The number of aliphatic hydroxyl groups is 1. The Morgan fingerprint density at radius 2 is 2.10 bits per heavy atom. The Balaban J connectivity index is 1.69. The first-order valence-electron chi connectivity index (χ1n) is 9.52. The minimum absolute atomic E-state index is 0.00540. The highest BCUT2D eigenvalue weighted by Crippen LogP contribution is 2.39. The molecule has 8 nitrogen and oxygen atoms in total. The lowest BCUT2D eigenvalue weighted by molar-refractivity contribution is -0.140. The third-order valence-corrected chi connectivity index (χ3v) is 5.07. The molecule has 0 bridgehead atoms. The average molecular weight is 407 g/mol. The van der Waals surface area contributed by atoms with E-state index in [1.165, 1.54) is 18.3 Å². The highest BCUT2D eigenvalue weighted by Gasteiger charge is 2.47. The van der Waals surface area contributed by atoms with Crippen molar-refractivity contribution in [1.29, 1.82) is 0 Å². The largest absolute Gasteiger partial charge is 0.507 e. The molecule has 30 heavy (non-hydrogen) atoms. The van der Waals surface area contributed by atoms with Crippen molar-refractivity contribution in [2.45, 2.75) is 19.0 Å². The van der Waals surface area contributed by atoms with Crippen molar-refractivity contribution in [3.05, 3.63) is 78.3 Å². The fourth-order valence-electron chi connectivity index (χ4n) is 3.62. The molecule has 2 aromatic heterocycles. The van der Waals surface area contributed by atoms with Gasteiger partial charge in [-0.05, 0) is 30.7 Å². The number of furan rings is 1. The van der Waals surface area contributed by atoms with Crippen molar-refractivity contribution in [3.8, 4) is 5.75 Å². The van der Waals surface area contributed by atoms with Gasteiger partial charge in [-0.15, -0.1) is 0 Å². The van der Waals surface area contributed by atoms with Crippen LogP contribution in [-0.4, -0.2) is 44.9 Å². The lowest BCUT2D eigenvalue weighted by atomic mass is 9.99. The maximum Gasteiger partial charge on any atom is 0.295 e. The maximum atomic E-state index is 12.9. The monoisotopic (exact) mass is 407 g/mol. The summed E-state index contributed by atoms with van der Waals surface area (Å²) >= 11 is 0. The van der Waals surface area contributed by atoms with E-state index >= 15 is 0 Å². The van der Waals surface area contributed by atoms with Crippen molar-refractivity contribution in [1.82, 2.24) is 14.5 Å². The topological polar surface area (TPSA) is 97.8 Å². The van der Waals surface area contributed by atoms with Crippen molar-refractivity contribution < 1.29 is 23.8 Å². The number of hydrogen-bond donors (Lipinski definition) is 1. The van der Waals surface area contributed by atoms with Crippen LogP contribution in [0.4, 0.5) is 0 Å². The lowest BCUT2D eigenvalue weighted by Gasteiger charge is -2.23. The Kier molecular flexibility index (Phi) is 5.38. The molecule has 1 amide bonds. The van der Waals surface area contributed by atoms with Gasteiger partial charge in [-0.25, -0.2) is 4.98 Å². The number of carbonyl (C=O) groups is 2. The van der Waals surface area contributed by atoms with E-state index in [4.69, 9.17) is 9.15 Å². The molecule has 0 spiro atoms. The first kappa shape index (κ1) is 19.5. The van der Waals surface area contributed by atoms with Gasteiger partial charge in [0.25, 0.3) is 11.7 Å². The molecule has 3 aromatic rings. The minimum Gasteiger partial charge on any atom is -0.507 e. The second-order valence-corrected chi connectivity index (χ2v) is 6.89. The van der Waals surface area contributed by atoms with E-state index in [1.807, 2.05) is 10.8 Å². The Bertz CT molecular complexity index is 1070. The van der Waals surface area contributed by atoms with Crippen LogP contribution in [0.3, 0.4) is 0 Å². The second kappa shape index (κ2) is 8.28. The van der Waals surface area contributed by atoms with E-state index in [0.717, 1.165) is 0 Å². The van der Waals surface area contributed by atoms with Crippen LogP contribution in [0.1, 0.15) is 23.8 Å². The van der Waals surface area contributed by atoms with Gasteiger partial charge in [-0.3, -0.25) is 9.59 Å². The molecule has 1 saturated heterocycles. The first-order chi connectivity index (χ1) is 14.6. The minimum atomic E-state index is -0.797. The number of aliphatic hydroxyl groups excluding tert-OH is 1. The predicted molar refractivity (Wildman–Crippen MR) is 108 cm³/mol. The van der Waals surface area contributed by atoms with E-state index in [-0.39, 0.29) is 11.3 Å². The van der Waals surface area contributed by atoms with Gasteiger partial charge in [-0.2, -0.15) is 0 Å². The van der Waals surface area contributed by atoms with E-state index in [1.54, 1.807) is 48.9 Å². The predicted octanol–water partition coefficient (Wildman–Crippen LogP) is 3.00. The molecule has 154 valence electrons. The average Bonchev–Trinajstić information content (AvgIpc) is 3.52. The molecule has 1 aliphatic rings. The molecular formula is C22H21N3O5. The summed E-state index contributed by atoms with van der Waals surface area (Å²) in [5.41, 5.74) is 0.396. The van der Waals surface area contributed by atoms with Crippen LogP contribution < -0.4 is 4.74 Å². The molecule has 1 aromatic carbocycles. The highest BCUT2D eigenvalue weighted by atomic mass is 16.5. The van der Waals surface area contributed by atoms with Gasteiger partial charge in [-0.1, -0.05) is 12.1 Å². The molecular weight excluding hydrogens is 386 g/mol. The van der Waals surface area contributed by atoms with Crippen LogP contribution in [0.15, 0.2) is 71.4 Å². The van der Waals surface area contributed by atoms with Crippen molar-refractivity contribution in [2.24, 2.45) is 0 Å². The van der Waals surface area contributed by atoms with E-state index in [2.05, 4.69) is 4.98 Å². The number of imidazole rings is 1. The zero-order valence-electron chi connectivity index (χ0n) is 16.4. The van der Waals surface area contributed by atoms with Gasteiger partial charge in [0.1, 0.15) is 23.3 Å². The Morgan fingerprint density at radius 3 is 2.80 bits per heavy atom. The molecule has 1 N–H and O–H groups in total. The summed E-state index contributed by atoms with van der Waals surface area (Å²) in [6.07, 6.45) is 7.30. The van der Waals surface area contributed by atoms with Gasteiger partial charge < -0.3 is 23.7 Å². The number of aryl methyl sites for hydroxylation is 1. The van der Waals surface area contributed by atoms with E-state index in [0.29, 0.717) is 36.6 Å². The van der Waals surface area contributed by atoms with Crippen LogP contribution in [0.5, 0.6) is 5.75 Å². The fraction of sp³-hybridized carbons (Fsp3) is 0.227. The second-order valence-electron chi connectivity index (χ2n) is 6.89. The van der Waals surface area contributed by atoms with Crippen LogP contribution in [0.25, 0.3) is 5.76 Å². The number of benzene rings is 1. The number of methoxy groups -OCH3 is 1. The molecule has 8 heteroatoms. The number of rotatable bonds is 7. The number of hydrogen-bond acceptors (Lipinski definition) is 6. The fourth-order valence-corrected chi connectivity index (χ4v) is 3.62. The van der Waals surface area contributed by atoms with Gasteiger partial charge in [0.2, 0.25) is 0 Å². The Hall–Kier alpha value is -3.81. The summed E-state index contributed by atoms with van der Waals surface area (Å²) < 4.78 is 12.6. The van der Waals surface area contributed by atoms with Crippen molar-refractivity contribution in [2.75, 3.05) is 13.7 Å². The lowest BCUT2D eigenvalue weighted by Crippen LogP contribution is -2.31. The molecule has 0 radical (unpaired) electrons. The van der Waals surface area contributed by atoms with Gasteiger partial charge >= 0.3 is 0 Å². The number of amides is 1. The molecule has 1 aliphatic heterocycles. The van der Waals surface area contributed by atoms with Gasteiger partial charge in [0.05, 0.1) is 25.3 Å². The quantitative estimate of drug-likeness (QED) is 0.367. The summed E-state index contributed by atoms with van der Waals surface area (Å²) in [4.78, 5) is 31.2. The number of ether oxygens (including phenoxy) is 1. The van der Waals surface area contributed by atoms with Crippen molar-refractivity contribution >= 4 is 17.4 Å². The summed E-state index contributed by atoms with van der Waals surface area (Å²) in [5.74, 6) is -0.707. The number of likely N-dealkylation sites (tertiary alicyclic amines) is 1. The van der Waals surface area contributed by atoms with E-state index in [9.17, 15) is 14.7 Å². The molecule has 0 aliphatic carbocycles. The normalized spacial score (nSPS) is 18.2. The standard InChI is InChI=1S/C22H21N3O5/c1-29-16-6-2-5-15(13-16)20(26)18-19(17-7-3-12-30-17)25(22(28)21(18)27)10-4-9-24-11-8-23-14-24/h2-3,5-8,11-14,19,26H,4,9-10H2,1H3/b20-18+/t19-/m1/s1. The summed E-state index contributed by atoms with van der Waals surface area (Å²) in [6.45, 7) is 0.965. The van der Waals surface area contributed by atoms with Gasteiger partial charge in [0.15, 0.2) is 0 Å². The molecule has 1 atom stereocenters. The third-order valence-electron chi connectivity index (χ3n) is 5.07. The SMILES string of the molecule is COc1cccc(/C(O)=C2\C(=O)C(=O)N(CCCn3ccnc3)[C@@H]2c2ccco2)c1. The summed E-state index contributed by atoms with van der Waals surface area (Å²) in [6, 6.07) is 9.29.